The van der Waals surface area contributed by atoms with Gasteiger partial charge in [-0.25, -0.2) is 0 Å². The number of alkyl halides is 3. The highest BCUT2D eigenvalue weighted by Gasteiger charge is 2.35. The average molecular weight is 366 g/mol. The number of hydrogen-bond acceptors (Lipinski definition) is 1. The number of rotatable bonds is 0. The van der Waals surface area contributed by atoms with E-state index in [0.717, 1.165) is 0 Å². The minimum atomic E-state index is -4.40. The van der Waals surface area contributed by atoms with Crippen molar-refractivity contribution in [2.75, 3.05) is 5.73 Å². The third kappa shape index (κ3) is 2.28. The monoisotopic (exact) mass is 365 g/mol. The highest BCUT2D eigenvalue weighted by Crippen LogP contribution is 2.39. The molecule has 0 aliphatic rings. The van der Waals surface area contributed by atoms with Gasteiger partial charge in [-0.05, 0) is 50.7 Å². The van der Waals surface area contributed by atoms with Gasteiger partial charge in [-0.2, -0.15) is 13.2 Å². The topological polar surface area (TPSA) is 26.0 Å². The van der Waals surface area contributed by atoms with Crippen LogP contribution in [0.5, 0.6) is 0 Å². The largest absolute Gasteiger partial charge is 0.419 e. The molecule has 72 valence electrons. The molecule has 1 rings (SSSR count). The minimum absolute atomic E-state index is 0.0881. The zero-order valence-corrected chi connectivity index (χ0v) is 9.87. The van der Waals surface area contributed by atoms with Crippen LogP contribution >= 0.6 is 38.5 Å². The van der Waals surface area contributed by atoms with Gasteiger partial charge in [0.05, 0.1) is 5.56 Å². The first-order chi connectivity index (χ1) is 5.84. The van der Waals surface area contributed by atoms with Gasteiger partial charge in [0.1, 0.15) is 0 Å². The minimum Gasteiger partial charge on any atom is -0.398 e. The third-order valence-corrected chi connectivity index (χ3v) is 3.93. The summed E-state index contributed by atoms with van der Waals surface area (Å²) in [4.78, 5) is 0. The third-order valence-electron chi connectivity index (χ3n) is 1.41. The highest BCUT2D eigenvalue weighted by atomic mass is 127. The molecule has 6 heteroatoms. The molecule has 0 unspecified atom stereocenters. The maximum absolute atomic E-state index is 12.4. The summed E-state index contributed by atoms with van der Waals surface area (Å²) < 4.78 is 37.6. The van der Waals surface area contributed by atoms with Crippen LogP contribution in [0.2, 0.25) is 0 Å². The van der Waals surface area contributed by atoms with Crippen molar-refractivity contribution in [2.45, 2.75) is 6.18 Å². The Morgan fingerprint density at radius 3 is 2.23 bits per heavy atom. The molecule has 0 aromatic heterocycles. The van der Waals surface area contributed by atoms with Crippen molar-refractivity contribution in [1.29, 1.82) is 0 Å². The summed E-state index contributed by atoms with van der Waals surface area (Å²) >= 11 is 4.62. The fraction of sp³-hybridized carbons (Fsp3) is 0.143. The zero-order chi connectivity index (χ0) is 10.2. The number of nitrogen functional groups attached to an aromatic ring is 1. The number of benzene rings is 1. The molecule has 0 spiro atoms. The Balaban J connectivity index is 3.43. The molecule has 0 heterocycles. The molecular formula is C7H4BrF3IN. The van der Waals surface area contributed by atoms with Crippen molar-refractivity contribution >= 4 is 44.2 Å². The molecule has 0 aliphatic carbocycles. The molecule has 0 bridgehead atoms. The Morgan fingerprint density at radius 2 is 1.85 bits per heavy atom. The van der Waals surface area contributed by atoms with Gasteiger partial charge in [0, 0.05) is 13.7 Å². The van der Waals surface area contributed by atoms with Crippen LogP contribution < -0.4 is 5.73 Å². The van der Waals surface area contributed by atoms with Gasteiger partial charge in [0.15, 0.2) is 0 Å². The first-order valence-corrected chi connectivity index (χ1v) is 5.02. The van der Waals surface area contributed by atoms with Gasteiger partial charge in [0.2, 0.25) is 0 Å². The van der Waals surface area contributed by atoms with Gasteiger partial charge < -0.3 is 5.73 Å². The molecule has 1 aromatic carbocycles. The smallest absolute Gasteiger partial charge is 0.398 e. The molecule has 0 atom stereocenters. The summed E-state index contributed by atoms with van der Waals surface area (Å²) in [7, 11) is 0. The van der Waals surface area contributed by atoms with Crippen LogP contribution in [0.4, 0.5) is 18.9 Å². The number of anilines is 1. The quantitative estimate of drug-likeness (QED) is 0.551. The molecule has 1 aromatic rings. The van der Waals surface area contributed by atoms with E-state index in [1.807, 2.05) is 0 Å². The maximum atomic E-state index is 12.4. The van der Waals surface area contributed by atoms with E-state index in [0.29, 0.717) is 4.47 Å². The van der Waals surface area contributed by atoms with E-state index in [1.54, 1.807) is 22.6 Å². The van der Waals surface area contributed by atoms with E-state index in [9.17, 15) is 13.2 Å². The lowest BCUT2D eigenvalue weighted by molar-refractivity contribution is -0.137. The standard InChI is InChI=1S/C7H4BrF3IN/c8-3-1-2-4(13)5(6(3)12)7(9,10)11/h1-2H,13H2. The Bertz CT molecular complexity index is 337. The number of halogens is 5. The molecule has 0 amide bonds. The summed E-state index contributed by atoms with van der Waals surface area (Å²) in [5, 5.41) is 0. The van der Waals surface area contributed by atoms with Crippen molar-refractivity contribution in [3.05, 3.63) is 25.7 Å². The second-order valence-electron chi connectivity index (χ2n) is 2.32. The van der Waals surface area contributed by atoms with Crippen molar-refractivity contribution in [3.63, 3.8) is 0 Å². The van der Waals surface area contributed by atoms with E-state index >= 15 is 0 Å². The molecule has 0 saturated heterocycles. The van der Waals surface area contributed by atoms with Gasteiger partial charge in [-0.3, -0.25) is 0 Å². The normalized spacial score (nSPS) is 11.8. The zero-order valence-electron chi connectivity index (χ0n) is 6.12. The summed E-state index contributed by atoms with van der Waals surface area (Å²) in [5.41, 5.74) is 4.21. The molecule has 2 N–H and O–H groups in total. The Hall–Kier alpha value is 0.0200. The van der Waals surface area contributed by atoms with Crippen LogP contribution in [0, 0.1) is 3.57 Å². The van der Waals surface area contributed by atoms with Gasteiger partial charge in [-0.15, -0.1) is 0 Å². The van der Waals surface area contributed by atoms with E-state index in [-0.39, 0.29) is 9.26 Å². The van der Waals surface area contributed by atoms with E-state index in [1.165, 1.54) is 12.1 Å². The average Bonchev–Trinajstić information content (AvgIpc) is 1.95. The van der Waals surface area contributed by atoms with Gasteiger partial charge >= 0.3 is 6.18 Å². The molecular weight excluding hydrogens is 362 g/mol. The lowest BCUT2D eigenvalue weighted by Gasteiger charge is -2.12. The van der Waals surface area contributed by atoms with E-state index < -0.39 is 11.7 Å². The summed E-state index contributed by atoms with van der Waals surface area (Å²) in [5.74, 6) is 0. The molecule has 0 fully saturated rings. The fourth-order valence-electron chi connectivity index (χ4n) is 0.854. The van der Waals surface area contributed by atoms with E-state index in [4.69, 9.17) is 5.73 Å². The number of nitrogens with two attached hydrogens (primary N) is 1. The lowest BCUT2D eigenvalue weighted by atomic mass is 10.2. The van der Waals surface area contributed by atoms with Crippen molar-refractivity contribution in [1.82, 2.24) is 0 Å². The van der Waals surface area contributed by atoms with Crippen molar-refractivity contribution < 1.29 is 13.2 Å². The highest BCUT2D eigenvalue weighted by molar-refractivity contribution is 14.1. The second kappa shape index (κ2) is 3.64. The van der Waals surface area contributed by atoms with Crippen molar-refractivity contribution in [2.24, 2.45) is 0 Å². The predicted molar refractivity (Wildman–Crippen MR) is 56.3 cm³/mol. The molecule has 0 saturated carbocycles. The first kappa shape index (κ1) is 11.1. The number of hydrogen-bond donors (Lipinski definition) is 1. The van der Waals surface area contributed by atoms with Crippen LogP contribution in [0.1, 0.15) is 5.56 Å². The van der Waals surface area contributed by atoms with Crippen LogP contribution in [0.15, 0.2) is 16.6 Å². The maximum Gasteiger partial charge on any atom is 0.419 e. The molecule has 13 heavy (non-hydrogen) atoms. The van der Waals surface area contributed by atoms with Crippen LogP contribution in [0.25, 0.3) is 0 Å². The van der Waals surface area contributed by atoms with Gasteiger partial charge in [-0.1, -0.05) is 0 Å². The first-order valence-electron chi connectivity index (χ1n) is 3.14. The SMILES string of the molecule is Nc1ccc(Br)c(I)c1C(F)(F)F. The van der Waals surface area contributed by atoms with Crippen molar-refractivity contribution in [3.8, 4) is 0 Å². The molecule has 1 nitrogen and oxygen atoms in total. The van der Waals surface area contributed by atoms with Gasteiger partial charge in [0.25, 0.3) is 0 Å². The van der Waals surface area contributed by atoms with Crippen LogP contribution in [-0.4, -0.2) is 0 Å². The predicted octanol–water partition coefficient (Wildman–Crippen LogP) is 3.65. The fourth-order valence-corrected chi connectivity index (χ4v) is 1.98. The lowest BCUT2D eigenvalue weighted by Crippen LogP contribution is -2.11. The second-order valence-corrected chi connectivity index (χ2v) is 4.26. The molecule has 0 radical (unpaired) electrons. The summed E-state index contributed by atoms with van der Waals surface area (Å²) in [6, 6.07) is 2.72. The summed E-state index contributed by atoms with van der Waals surface area (Å²) in [6.45, 7) is 0. The van der Waals surface area contributed by atoms with E-state index in [2.05, 4.69) is 15.9 Å². The Morgan fingerprint density at radius 1 is 1.31 bits per heavy atom. The Kier molecular flexibility index (Phi) is 3.11. The Labute approximate surface area is 94.8 Å². The van der Waals surface area contributed by atoms with Crippen LogP contribution in [0.3, 0.4) is 0 Å². The van der Waals surface area contributed by atoms with Crippen LogP contribution in [-0.2, 0) is 6.18 Å². The summed E-state index contributed by atoms with van der Waals surface area (Å²) in [6.07, 6.45) is -4.40. The molecule has 0 aliphatic heterocycles.